The Hall–Kier alpha value is -2.39. The van der Waals surface area contributed by atoms with Gasteiger partial charge in [-0.25, -0.2) is 0 Å². The van der Waals surface area contributed by atoms with Crippen molar-refractivity contribution in [3.63, 3.8) is 0 Å². The Balaban J connectivity index is 2.04. The maximum atomic E-state index is 10.7. The molecule has 0 unspecified atom stereocenters. The van der Waals surface area contributed by atoms with Crippen molar-refractivity contribution >= 4 is 11.5 Å². The third kappa shape index (κ3) is 6.55. The van der Waals surface area contributed by atoms with Crippen LogP contribution < -0.4 is 0 Å². The molecule has 132 valence electrons. The van der Waals surface area contributed by atoms with Gasteiger partial charge < -0.3 is 10.0 Å². The molecule has 0 amide bonds. The number of carbonyl (C=O) groups is 1. The van der Waals surface area contributed by atoms with Crippen molar-refractivity contribution in [3.05, 3.63) is 77.9 Å². The van der Waals surface area contributed by atoms with Crippen LogP contribution in [0.4, 0.5) is 0 Å². The first kappa shape index (κ1) is 18.9. The summed E-state index contributed by atoms with van der Waals surface area (Å²) in [5, 5.41) is 8.77. The van der Waals surface area contributed by atoms with Crippen LogP contribution in [0.25, 0.3) is 5.57 Å². The predicted octanol–water partition coefficient (Wildman–Crippen LogP) is 4.70. The van der Waals surface area contributed by atoms with Crippen LogP contribution in [0, 0.1) is 0 Å². The molecule has 0 bridgehead atoms. The lowest BCUT2D eigenvalue weighted by Crippen LogP contribution is -2.25. The summed E-state index contributed by atoms with van der Waals surface area (Å²) in [7, 11) is 0. The van der Waals surface area contributed by atoms with E-state index in [-0.39, 0.29) is 6.42 Å². The van der Waals surface area contributed by atoms with E-state index >= 15 is 0 Å². The highest BCUT2D eigenvalue weighted by Gasteiger charge is 2.06. The molecule has 3 nitrogen and oxygen atoms in total. The summed E-state index contributed by atoms with van der Waals surface area (Å²) < 4.78 is 0. The van der Waals surface area contributed by atoms with E-state index in [1.807, 2.05) is 12.1 Å². The van der Waals surface area contributed by atoms with Crippen LogP contribution in [-0.2, 0) is 4.79 Å². The Kier molecular flexibility index (Phi) is 7.93. The minimum Gasteiger partial charge on any atom is -0.481 e. The molecule has 2 aromatic rings. The van der Waals surface area contributed by atoms with E-state index in [4.69, 9.17) is 5.11 Å². The van der Waals surface area contributed by atoms with E-state index in [1.54, 1.807) is 0 Å². The molecule has 0 fully saturated rings. The third-order valence-corrected chi connectivity index (χ3v) is 4.28. The van der Waals surface area contributed by atoms with Gasteiger partial charge in [-0.1, -0.05) is 73.7 Å². The quantitative estimate of drug-likeness (QED) is 0.683. The SMILES string of the molecule is CCN(CCC=C(c1ccccc1)c1ccccc1)CCCC(=O)O. The Morgan fingerprint density at radius 3 is 2.00 bits per heavy atom. The van der Waals surface area contributed by atoms with Crippen LogP contribution >= 0.6 is 0 Å². The van der Waals surface area contributed by atoms with Crippen LogP contribution in [0.3, 0.4) is 0 Å². The lowest BCUT2D eigenvalue weighted by atomic mass is 9.97. The van der Waals surface area contributed by atoms with Crippen molar-refractivity contribution in [3.8, 4) is 0 Å². The maximum Gasteiger partial charge on any atom is 0.303 e. The van der Waals surface area contributed by atoms with Gasteiger partial charge in [-0.2, -0.15) is 0 Å². The molecule has 25 heavy (non-hydrogen) atoms. The lowest BCUT2D eigenvalue weighted by molar-refractivity contribution is -0.137. The zero-order chi connectivity index (χ0) is 17.9. The van der Waals surface area contributed by atoms with Crippen molar-refractivity contribution in [2.75, 3.05) is 19.6 Å². The van der Waals surface area contributed by atoms with E-state index in [9.17, 15) is 4.79 Å². The van der Waals surface area contributed by atoms with Crippen LogP contribution in [0.1, 0.15) is 37.3 Å². The predicted molar refractivity (Wildman–Crippen MR) is 104 cm³/mol. The second-order valence-electron chi connectivity index (χ2n) is 6.07. The summed E-state index contributed by atoms with van der Waals surface area (Å²) >= 11 is 0. The molecular formula is C22H27NO2. The number of aliphatic carboxylic acids is 1. The smallest absolute Gasteiger partial charge is 0.303 e. The van der Waals surface area contributed by atoms with Crippen molar-refractivity contribution in [1.29, 1.82) is 0 Å². The molecule has 0 radical (unpaired) electrons. The lowest BCUT2D eigenvalue weighted by Gasteiger charge is -2.19. The standard InChI is InChI=1S/C22H27NO2/c1-2-23(18-10-16-22(24)25)17-9-15-21(19-11-5-3-6-12-19)20-13-7-4-8-14-20/h3-8,11-15H,2,9-10,16-18H2,1H3,(H,24,25). The summed E-state index contributed by atoms with van der Waals surface area (Å²) in [4.78, 5) is 13.0. The number of rotatable bonds is 10. The Morgan fingerprint density at radius 2 is 1.52 bits per heavy atom. The monoisotopic (exact) mass is 337 g/mol. The summed E-state index contributed by atoms with van der Waals surface area (Å²) in [6.07, 6.45) is 4.19. The number of carboxylic acids is 1. The number of hydrogen-bond acceptors (Lipinski definition) is 2. The van der Waals surface area contributed by atoms with Crippen molar-refractivity contribution in [2.24, 2.45) is 0 Å². The van der Waals surface area contributed by atoms with Gasteiger partial charge in [-0.05, 0) is 42.6 Å². The van der Waals surface area contributed by atoms with E-state index < -0.39 is 5.97 Å². The van der Waals surface area contributed by atoms with Crippen LogP contribution in [-0.4, -0.2) is 35.6 Å². The largest absolute Gasteiger partial charge is 0.481 e. The van der Waals surface area contributed by atoms with Crippen molar-refractivity contribution in [2.45, 2.75) is 26.2 Å². The topological polar surface area (TPSA) is 40.5 Å². The van der Waals surface area contributed by atoms with Gasteiger partial charge in [-0.3, -0.25) is 4.79 Å². The highest BCUT2D eigenvalue weighted by molar-refractivity contribution is 5.79. The van der Waals surface area contributed by atoms with Crippen LogP contribution in [0.2, 0.25) is 0 Å². The first-order valence-electron chi connectivity index (χ1n) is 8.96. The summed E-state index contributed by atoms with van der Waals surface area (Å²) in [6, 6.07) is 20.9. The molecule has 2 aromatic carbocycles. The summed E-state index contributed by atoms with van der Waals surface area (Å²) in [5.74, 6) is -0.716. The highest BCUT2D eigenvalue weighted by Crippen LogP contribution is 2.23. The van der Waals surface area contributed by atoms with E-state index in [2.05, 4.69) is 66.4 Å². The van der Waals surface area contributed by atoms with Crippen LogP contribution in [0.15, 0.2) is 66.7 Å². The van der Waals surface area contributed by atoms with Gasteiger partial charge in [0.25, 0.3) is 0 Å². The Bertz CT molecular complexity index is 623. The zero-order valence-corrected chi connectivity index (χ0v) is 14.9. The summed E-state index contributed by atoms with van der Waals surface area (Å²) in [5.41, 5.74) is 3.70. The molecule has 2 rings (SSSR count). The molecule has 0 aliphatic carbocycles. The molecule has 0 atom stereocenters. The molecule has 0 aromatic heterocycles. The fourth-order valence-electron chi connectivity index (χ4n) is 2.91. The van der Waals surface area contributed by atoms with Gasteiger partial charge in [0.2, 0.25) is 0 Å². The second-order valence-corrected chi connectivity index (χ2v) is 6.07. The molecule has 0 aliphatic heterocycles. The van der Waals surface area contributed by atoms with Crippen LogP contribution in [0.5, 0.6) is 0 Å². The minimum absolute atomic E-state index is 0.242. The molecule has 0 spiro atoms. The van der Waals surface area contributed by atoms with Crippen molar-refractivity contribution < 1.29 is 9.90 Å². The average molecular weight is 337 g/mol. The number of hydrogen-bond donors (Lipinski definition) is 1. The van der Waals surface area contributed by atoms with Gasteiger partial charge in [0.05, 0.1) is 0 Å². The third-order valence-electron chi connectivity index (χ3n) is 4.28. The van der Waals surface area contributed by atoms with Gasteiger partial charge in [0.1, 0.15) is 0 Å². The van der Waals surface area contributed by atoms with Gasteiger partial charge in [-0.15, -0.1) is 0 Å². The van der Waals surface area contributed by atoms with Gasteiger partial charge in [0, 0.05) is 13.0 Å². The molecular weight excluding hydrogens is 310 g/mol. The summed E-state index contributed by atoms with van der Waals surface area (Å²) in [6.45, 7) is 4.85. The molecule has 0 saturated carbocycles. The van der Waals surface area contributed by atoms with Gasteiger partial charge in [0.15, 0.2) is 0 Å². The first-order valence-corrected chi connectivity index (χ1v) is 8.96. The molecule has 0 aliphatic rings. The van der Waals surface area contributed by atoms with E-state index in [0.717, 1.165) is 26.1 Å². The Labute approximate surface area is 150 Å². The van der Waals surface area contributed by atoms with E-state index in [0.29, 0.717) is 6.42 Å². The molecule has 1 N–H and O–H groups in total. The van der Waals surface area contributed by atoms with Crippen molar-refractivity contribution in [1.82, 2.24) is 4.90 Å². The molecule has 0 heterocycles. The van der Waals surface area contributed by atoms with Gasteiger partial charge >= 0.3 is 5.97 Å². The molecule has 3 heteroatoms. The normalized spacial score (nSPS) is 10.6. The Morgan fingerprint density at radius 1 is 0.960 bits per heavy atom. The van der Waals surface area contributed by atoms with E-state index in [1.165, 1.54) is 16.7 Å². The first-order chi connectivity index (χ1) is 12.2. The maximum absolute atomic E-state index is 10.7. The fourth-order valence-corrected chi connectivity index (χ4v) is 2.91. The fraction of sp³-hybridized carbons (Fsp3) is 0.318. The number of nitrogens with zero attached hydrogens (tertiary/aromatic N) is 1. The second kappa shape index (κ2) is 10.5. The highest BCUT2D eigenvalue weighted by atomic mass is 16.4. The minimum atomic E-state index is -0.716. The molecule has 0 saturated heterocycles. The zero-order valence-electron chi connectivity index (χ0n) is 14.9. The number of carboxylic acid groups (broad SMARTS) is 1. The number of benzene rings is 2. The average Bonchev–Trinajstić information content (AvgIpc) is 2.65.